The molecule has 0 aliphatic rings. The fourth-order valence-corrected chi connectivity index (χ4v) is 3.97. The maximum atomic E-state index is 13.4. The van der Waals surface area contributed by atoms with Crippen molar-refractivity contribution in [2.75, 3.05) is 25.6 Å². The van der Waals surface area contributed by atoms with E-state index in [0.717, 1.165) is 11.1 Å². The van der Waals surface area contributed by atoms with Gasteiger partial charge in [-0.25, -0.2) is 9.78 Å². The second-order valence-electron chi connectivity index (χ2n) is 8.17. The number of nitrogens with zero attached hydrogens (tertiary/aromatic N) is 3. The van der Waals surface area contributed by atoms with Crippen LogP contribution in [-0.2, 0) is 27.4 Å². The van der Waals surface area contributed by atoms with Crippen LogP contribution in [0.2, 0.25) is 0 Å². The molecule has 0 radical (unpaired) electrons. The third-order valence-corrected chi connectivity index (χ3v) is 5.67. The normalized spacial score (nSPS) is 10.9. The van der Waals surface area contributed by atoms with Crippen LogP contribution in [0.1, 0.15) is 23.7 Å². The van der Waals surface area contributed by atoms with E-state index < -0.39 is 5.97 Å². The van der Waals surface area contributed by atoms with Gasteiger partial charge in [-0.2, -0.15) is 0 Å². The highest BCUT2D eigenvalue weighted by Crippen LogP contribution is 2.27. The second-order valence-corrected chi connectivity index (χ2v) is 8.17. The molecule has 0 spiro atoms. The zero-order valence-electron chi connectivity index (χ0n) is 20.3. The Bertz CT molecular complexity index is 1410. The first-order valence-electron chi connectivity index (χ1n) is 11.7. The number of amides is 1. The lowest BCUT2D eigenvalue weighted by Gasteiger charge is -2.09. The van der Waals surface area contributed by atoms with E-state index >= 15 is 0 Å². The Morgan fingerprint density at radius 2 is 1.78 bits per heavy atom. The lowest BCUT2D eigenvalue weighted by Crippen LogP contribution is -2.25. The van der Waals surface area contributed by atoms with Gasteiger partial charge in [0.25, 0.3) is 5.56 Å². The molecule has 0 unspecified atom stereocenters. The van der Waals surface area contributed by atoms with Gasteiger partial charge < -0.3 is 19.4 Å². The maximum Gasteiger partial charge on any atom is 0.338 e. The van der Waals surface area contributed by atoms with Crippen molar-refractivity contribution < 1.29 is 19.1 Å². The molecule has 9 heteroatoms. The Hall–Kier alpha value is -4.24. The summed E-state index contributed by atoms with van der Waals surface area (Å²) in [6.45, 7) is 2.93. The topological polar surface area (TPSA) is 104 Å². The first kappa shape index (κ1) is 24.9. The molecule has 9 nitrogen and oxygen atoms in total. The van der Waals surface area contributed by atoms with Crippen molar-refractivity contribution in [2.24, 2.45) is 0 Å². The number of fused-ring (bicyclic) bond motifs is 1. The lowest BCUT2D eigenvalue weighted by atomic mass is 10.1. The van der Waals surface area contributed by atoms with Crippen LogP contribution in [0.25, 0.3) is 22.2 Å². The van der Waals surface area contributed by atoms with Gasteiger partial charge in [-0.3, -0.25) is 14.2 Å². The van der Waals surface area contributed by atoms with Crippen molar-refractivity contribution in [3.05, 3.63) is 83.0 Å². The molecule has 36 heavy (non-hydrogen) atoms. The maximum absolute atomic E-state index is 13.4. The van der Waals surface area contributed by atoms with Crippen molar-refractivity contribution in [1.29, 1.82) is 0 Å². The van der Waals surface area contributed by atoms with Crippen molar-refractivity contribution in [3.8, 4) is 11.1 Å². The van der Waals surface area contributed by atoms with E-state index in [-0.39, 0.29) is 24.6 Å². The number of rotatable bonds is 10. The van der Waals surface area contributed by atoms with Gasteiger partial charge in [-0.1, -0.05) is 30.3 Å². The summed E-state index contributed by atoms with van der Waals surface area (Å²) in [6, 6.07) is 16.1. The number of ether oxygens (including phenoxy) is 2. The van der Waals surface area contributed by atoms with E-state index in [1.807, 2.05) is 30.3 Å². The lowest BCUT2D eigenvalue weighted by molar-refractivity contribution is -0.116. The van der Waals surface area contributed by atoms with Gasteiger partial charge in [0.05, 0.1) is 18.5 Å². The number of nitrogens with one attached hydrogen (secondary N) is 1. The Morgan fingerprint density at radius 1 is 1.03 bits per heavy atom. The number of anilines is 1. The standard InChI is InChI=1S/C27H28N4O5/c1-3-36-27(34)20-10-12-21(13-11-20)29-23(32)17-31-16-22(19-8-5-4-6-9-19)24-25(31)26(33)30(18-28-24)14-7-15-35-2/h4-6,8-13,16,18H,3,7,14-15,17H2,1-2H3,(H,29,32). The third-order valence-electron chi connectivity index (χ3n) is 5.67. The summed E-state index contributed by atoms with van der Waals surface area (Å²) in [6.07, 6.45) is 4.00. The number of hydrogen-bond acceptors (Lipinski definition) is 6. The molecule has 0 fully saturated rings. The number of carbonyl (C=O) groups excluding carboxylic acids is 2. The Balaban J connectivity index is 1.63. The average molecular weight is 489 g/mol. The second kappa shape index (κ2) is 11.5. The minimum absolute atomic E-state index is 0.0814. The number of carbonyl (C=O) groups is 2. The smallest absolute Gasteiger partial charge is 0.338 e. The minimum Gasteiger partial charge on any atom is -0.462 e. The molecule has 1 N–H and O–H groups in total. The molecule has 0 saturated heterocycles. The highest BCUT2D eigenvalue weighted by Gasteiger charge is 2.18. The van der Waals surface area contributed by atoms with Gasteiger partial charge in [-0.05, 0) is 43.2 Å². The monoisotopic (exact) mass is 488 g/mol. The molecule has 0 bridgehead atoms. The van der Waals surface area contributed by atoms with Gasteiger partial charge >= 0.3 is 5.97 Å². The van der Waals surface area contributed by atoms with Gasteiger partial charge in [-0.15, -0.1) is 0 Å². The highest BCUT2D eigenvalue weighted by molar-refractivity contribution is 5.96. The number of esters is 1. The summed E-state index contributed by atoms with van der Waals surface area (Å²) in [5.74, 6) is -0.735. The van der Waals surface area contributed by atoms with Crippen LogP contribution in [0, 0.1) is 0 Å². The van der Waals surface area contributed by atoms with Gasteiger partial charge in [0, 0.05) is 37.7 Å². The molecule has 4 aromatic rings. The number of benzene rings is 2. The van der Waals surface area contributed by atoms with Crippen LogP contribution in [0.3, 0.4) is 0 Å². The highest BCUT2D eigenvalue weighted by atomic mass is 16.5. The third kappa shape index (κ3) is 5.52. The molecule has 2 aromatic carbocycles. The largest absolute Gasteiger partial charge is 0.462 e. The SMILES string of the molecule is CCOC(=O)c1ccc(NC(=O)Cn2cc(-c3ccccc3)c3ncn(CCCOC)c(=O)c32)cc1. The zero-order valence-corrected chi connectivity index (χ0v) is 20.3. The number of aromatic nitrogens is 3. The molecule has 2 heterocycles. The van der Waals surface area contributed by atoms with E-state index in [9.17, 15) is 14.4 Å². The fourth-order valence-electron chi connectivity index (χ4n) is 3.97. The van der Waals surface area contributed by atoms with Gasteiger partial charge in [0.1, 0.15) is 17.6 Å². The summed E-state index contributed by atoms with van der Waals surface area (Å²) in [7, 11) is 1.62. The van der Waals surface area contributed by atoms with Crippen molar-refractivity contribution in [1.82, 2.24) is 14.1 Å². The number of methoxy groups -OCH3 is 1. The summed E-state index contributed by atoms with van der Waals surface area (Å²) >= 11 is 0. The molecule has 4 rings (SSSR count). The predicted octanol–water partition coefficient (Wildman–Crippen LogP) is 3.72. The van der Waals surface area contributed by atoms with Crippen LogP contribution in [0.5, 0.6) is 0 Å². The molecule has 0 aliphatic heterocycles. The quantitative estimate of drug-likeness (QED) is 0.270. The Labute approximate surface area is 208 Å². The van der Waals surface area contributed by atoms with Gasteiger partial charge in [0.2, 0.25) is 5.91 Å². The van der Waals surface area contributed by atoms with E-state index in [0.29, 0.717) is 41.9 Å². The predicted molar refractivity (Wildman–Crippen MR) is 137 cm³/mol. The van der Waals surface area contributed by atoms with Crippen molar-refractivity contribution in [2.45, 2.75) is 26.4 Å². The van der Waals surface area contributed by atoms with Crippen LogP contribution >= 0.6 is 0 Å². The van der Waals surface area contributed by atoms with Crippen LogP contribution in [0.15, 0.2) is 71.9 Å². The molecule has 2 aromatic heterocycles. The summed E-state index contributed by atoms with van der Waals surface area (Å²) in [4.78, 5) is 42.7. The average Bonchev–Trinajstić information content (AvgIpc) is 3.25. The summed E-state index contributed by atoms with van der Waals surface area (Å²) in [5.41, 5.74) is 3.30. The zero-order chi connectivity index (χ0) is 25.5. The fraction of sp³-hybridized carbons (Fsp3) is 0.259. The molecule has 1 amide bonds. The first-order valence-corrected chi connectivity index (χ1v) is 11.7. The molecule has 0 aliphatic carbocycles. The minimum atomic E-state index is -0.420. The van der Waals surface area contributed by atoms with E-state index in [1.54, 1.807) is 60.0 Å². The van der Waals surface area contributed by atoms with Crippen LogP contribution in [-0.4, -0.2) is 46.3 Å². The van der Waals surface area contributed by atoms with E-state index in [1.165, 1.54) is 0 Å². The summed E-state index contributed by atoms with van der Waals surface area (Å²) < 4.78 is 13.3. The molecule has 0 atom stereocenters. The Kier molecular flexibility index (Phi) is 7.92. The van der Waals surface area contributed by atoms with Gasteiger partial charge in [0.15, 0.2) is 0 Å². The van der Waals surface area contributed by atoms with Crippen molar-refractivity contribution in [3.63, 3.8) is 0 Å². The number of hydrogen-bond donors (Lipinski definition) is 1. The van der Waals surface area contributed by atoms with Crippen LogP contribution in [0.4, 0.5) is 5.69 Å². The van der Waals surface area contributed by atoms with E-state index in [4.69, 9.17) is 9.47 Å². The summed E-state index contributed by atoms with van der Waals surface area (Å²) in [5, 5.41) is 2.82. The molecular formula is C27H28N4O5. The molecule has 0 saturated carbocycles. The first-order chi connectivity index (χ1) is 17.5. The Morgan fingerprint density at radius 3 is 2.47 bits per heavy atom. The number of aryl methyl sites for hydroxylation is 1. The van der Waals surface area contributed by atoms with Crippen molar-refractivity contribution >= 4 is 28.6 Å². The molecule has 186 valence electrons. The van der Waals surface area contributed by atoms with Crippen LogP contribution < -0.4 is 10.9 Å². The molecular weight excluding hydrogens is 460 g/mol. The van der Waals surface area contributed by atoms with E-state index in [2.05, 4.69) is 10.3 Å².